The fourth-order valence-electron chi connectivity index (χ4n) is 2.20. The maximum absolute atomic E-state index is 11.1. The lowest BCUT2D eigenvalue weighted by atomic mass is 10.1. The van der Waals surface area contributed by atoms with Gasteiger partial charge in [-0.05, 0) is 12.1 Å². The summed E-state index contributed by atoms with van der Waals surface area (Å²) in [6.45, 7) is 1.13. The number of fused-ring (bicyclic) bond motifs is 1. The Bertz CT molecular complexity index is 666. The number of ether oxygens (including phenoxy) is 2. The number of carbonyl (C=O) groups is 1. The molecular weight excluding hydrogens is 260 g/mol. The van der Waals surface area contributed by atoms with Gasteiger partial charge in [0.15, 0.2) is 6.79 Å². The van der Waals surface area contributed by atoms with Crippen molar-refractivity contribution in [3.63, 3.8) is 0 Å². The second-order valence-corrected chi connectivity index (χ2v) is 4.57. The van der Waals surface area contributed by atoms with E-state index < -0.39 is 5.91 Å². The standard InChI is InChI=1S/C13H14N4O3/c14-11-1-8(12-9(2-11)6-19-7-20-12)4-17-5-10(3-16-17)13(15)18/h1-3,5H,4,6-7,14H2,(H2,15,18). The third kappa shape index (κ3) is 2.30. The molecule has 2 aromatic rings. The first-order chi connectivity index (χ1) is 9.63. The zero-order valence-electron chi connectivity index (χ0n) is 10.7. The lowest BCUT2D eigenvalue weighted by Crippen LogP contribution is -2.15. The molecule has 0 radical (unpaired) electrons. The molecular formula is C13H14N4O3. The van der Waals surface area contributed by atoms with Crippen molar-refractivity contribution in [2.45, 2.75) is 13.2 Å². The minimum absolute atomic E-state index is 0.218. The average Bonchev–Trinajstić information content (AvgIpc) is 2.87. The fraction of sp³-hybridized carbons (Fsp3) is 0.231. The molecule has 0 spiro atoms. The third-order valence-corrected chi connectivity index (χ3v) is 3.06. The summed E-state index contributed by atoms with van der Waals surface area (Å²) in [5.74, 6) is 0.261. The molecule has 4 N–H and O–H groups in total. The van der Waals surface area contributed by atoms with E-state index in [4.69, 9.17) is 20.9 Å². The van der Waals surface area contributed by atoms with Crippen LogP contribution in [0, 0.1) is 0 Å². The van der Waals surface area contributed by atoms with Crippen LogP contribution in [0.15, 0.2) is 24.5 Å². The summed E-state index contributed by atoms with van der Waals surface area (Å²) in [7, 11) is 0. The molecule has 7 heteroatoms. The van der Waals surface area contributed by atoms with Crippen LogP contribution in [0.1, 0.15) is 21.5 Å². The van der Waals surface area contributed by atoms with Gasteiger partial charge in [-0.2, -0.15) is 5.10 Å². The summed E-state index contributed by atoms with van der Waals surface area (Å²) in [6, 6.07) is 3.66. The molecule has 0 bridgehead atoms. The third-order valence-electron chi connectivity index (χ3n) is 3.06. The Morgan fingerprint density at radius 3 is 3.05 bits per heavy atom. The highest BCUT2D eigenvalue weighted by atomic mass is 16.7. The van der Waals surface area contributed by atoms with Crippen LogP contribution in [0.4, 0.5) is 5.69 Å². The van der Waals surface area contributed by atoms with E-state index in [0.29, 0.717) is 24.4 Å². The van der Waals surface area contributed by atoms with Crippen LogP contribution in [0.3, 0.4) is 0 Å². The second kappa shape index (κ2) is 4.86. The van der Waals surface area contributed by atoms with Gasteiger partial charge in [-0.1, -0.05) is 0 Å². The van der Waals surface area contributed by atoms with Crippen LogP contribution in [0.25, 0.3) is 0 Å². The number of benzene rings is 1. The van der Waals surface area contributed by atoms with E-state index >= 15 is 0 Å². The number of hydrogen-bond donors (Lipinski definition) is 2. The number of nitrogens with zero attached hydrogens (tertiary/aromatic N) is 2. The van der Waals surface area contributed by atoms with Gasteiger partial charge in [-0.3, -0.25) is 9.48 Å². The monoisotopic (exact) mass is 274 g/mol. The van der Waals surface area contributed by atoms with E-state index in [1.54, 1.807) is 10.9 Å². The molecule has 0 unspecified atom stereocenters. The van der Waals surface area contributed by atoms with Gasteiger partial charge in [0.1, 0.15) is 5.75 Å². The van der Waals surface area contributed by atoms with Gasteiger partial charge in [0.25, 0.3) is 5.91 Å². The van der Waals surface area contributed by atoms with E-state index in [9.17, 15) is 4.79 Å². The van der Waals surface area contributed by atoms with Crippen LogP contribution in [-0.2, 0) is 17.9 Å². The van der Waals surface area contributed by atoms with Crippen LogP contribution in [-0.4, -0.2) is 22.5 Å². The van der Waals surface area contributed by atoms with E-state index in [0.717, 1.165) is 16.9 Å². The van der Waals surface area contributed by atoms with Crippen LogP contribution >= 0.6 is 0 Å². The van der Waals surface area contributed by atoms with Crippen molar-refractivity contribution < 1.29 is 14.3 Å². The van der Waals surface area contributed by atoms with E-state index in [-0.39, 0.29) is 6.79 Å². The lowest BCUT2D eigenvalue weighted by Gasteiger charge is -2.21. The highest BCUT2D eigenvalue weighted by molar-refractivity contribution is 5.92. The average molecular weight is 274 g/mol. The van der Waals surface area contributed by atoms with Gasteiger partial charge in [-0.15, -0.1) is 0 Å². The number of primary amides is 1. The number of rotatable bonds is 3. The number of amides is 1. The van der Waals surface area contributed by atoms with Gasteiger partial charge in [-0.25, -0.2) is 0 Å². The molecule has 1 aromatic carbocycles. The smallest absolute Gasteiger partial charge is 0.251 e. The first-order valence-corrected chi connectivity index (χ1v) is 6.07. The summed E-state index contributed by atoms with van der Waals surface area (Å²) in [5, 5.41) is 4.10. The highest BCUT2D eigenvalue weighted by Crippen LogP contribution is 2.31. The highest BCUT2D eigenvalue weighted by Gasteiger charge is 2.17. The quantitative estimate of drug-likeness (QED) is 0.792. The minimum Gasteiger partial charge on any atom is -0.467 e. The minimum atomic E-state index is -0.504. The zero-order valence-corrected chi connectivity index (χ0v) is 10.7. The van der Waals surface area contributed by atoms with Gasteiger partial charge < -0.3 is 20.9 Å². The molecule has 0 saturated carbocycles. The Morgan fingerprint density at radius 1 is 1.45 bits per heavy atom. The summed E-state index contributed by atoms with van der Waals surface area (Å²) < 4.78 is 12.4. The molecule has 2 heterocycles. The lowest BCUT2D eigenvalue weighted by molar-refractivity contribution is -0.0170. The van der Waals surface area contributed by atoms with Gasteiger partial charge in [0.2, 0.25) is 0 Å². The van der Waals surface area contributed by atoms with Crippen molar-refractivity contribution in [3.8, 4) is 5.75 Å². The van der Waals surface area contributed by atoms with Crippen molar-refractivity contribution in [2.75, 3.05) is 12.5 Å². The van der Waals surface area contributed by atoms with Crippen molar-refractivity contribution in [2.24, 2.45) is 5.73 Å². The zero-order chi connectivity index (χ0) is 14.1. The molecule has 0 saturated heterocycles. The summed E-state index contributed by atoms with van der Waals surface area (Å²) in [6.07, 6.45) is 3.03. The van der Waals surface area contributed by atoms with Crippen molar-refractivity contribution in [1.82, 2.24) is 9.78 Å². The Labute approximate surface area is 115 Å². The molecule has 1 aromatic heterocycles. The SMILES string of the molecule is NC(=O)c1cnn(Cc2cc(N)cc3c2OCOC3)c1. The predicted octanol–water partition coefficient (Wildman–Crippen LogP) is 0.479. The first-order valence-electron chi connectivity index (χ1n) is 6.07. The second-order valence-electron chi connectivity index (χ2n) is 4.57. The summed E-state index contributed by atoms with van der Waals surface area (Å²) in [5.41, 5.74) is 13.9. The molecule has 0 atom stereocenters. The van der Waals surface area contributed by atoms with Crippen LogP contribution < -0.4 is 16.2 Å². The van der Waals surface area contributed by atoms with Crippen molar-refractivity contribution in [1.29, 1.82) is 0 Å². The largest absolute Gasteiger partial charge is 0.467 e. The summed E-state index contributed by atoms with van der Waals surface area (Å²) >= 11 is 0. The van der Waals surface area contributed by atoms with Crippen molar-refractivity contribution in [3.05, 3.63) is 41.2 Å². The molecule has 104 valence electrons. The maximum Gasteiger partial charge on any atom is 0.251 e. The van der Waals surface area contributed by atoms with E-state index in [1.807, 2.05) is 12.1 Å². The molecule has 0 fully saturated rings. The van der Waals surface area contributed by atoms with Crippen LogP contribution in [0.2, 0.25) is 0 Å². The fourth-order valence-corrected chi connectivity index (χ4v) is 2.20. The van der Waals surface area contributed by atoms with Crippen LogP contribution in [0.5, 0.6) is 5.75 Å². The van der Waals surface area contributed by atoms with E-state index in [1.165, 1.54) is 6.20 Å². The van der Waals surface area contributed by atoms with E-state index in [2.05, 4.69) is 5.10 Å². The Kier molecular flexibility index (Phi) is 3.03. The number of aromatic nitrogens is 2. The normalized spacial score (nSPS) is 13.6. The molecule has 20 heavy (non-hydrogen) atoms. The van der Waals surface area contributed by atoms with Crippen molar-refractivity contribution >= 4 is 11.6 Å². The number of anilines is 1. The topological polar surface area (TPSA) is 105 Å². The molecule has 7 nitrogen and oxygen atoms in total. The summed E-state index contributed by atoms with van der Waals surface area (Å²) in [4.78, 5) is 11.1. The molecule has 3 rings (SSSR count). The Morgan fingerprint density at radius 2 is 2.30 bits per heavy atom. The molecule has 1 aliphatic rings. The molecule has 1 amide bonds. The first kappa shape index (κ1) is 12.5. The Hall–Kier alpha value is -2.54. The number of hydrogen-bond acceptors (Lipinski definition) is 5. The van der Waals surface area contributed by atoms with Gasteiger partial charge >= 0.3 is 0 Å². The molecule has 1 aliphatic heterocycles. The Balaban J connectivity index is 1.93. The maximum atomic E-state index is 11.1. The number of carbonyl (C=O) groups excluding carboxylic acids is 1. The molecule has 0 aliphatic carbocycles. The van der Waals surface area contributed by atoms with Gasteiger partial charge in [0, 0.05) is 23.0 Å². The number of nitrogen functional groups attached to an aromatic ring is 1. The predicted molar refractivity (Wildman–Crippen MR) is 71.0 cm³/mol. The number of nitrogens with two attached hydrogens (primary N) is 2. The van der Waals surface area contributed by atoms with Gasteiger partial charge in [0.05, 0.1) is 24.9 Å².